The molecule has 1 amide bonds. The number of fused-ring (bicyclic) bond motifs is 1. The SMILES string of the molecule is Cn1ccc(-c2nc(N)c(C(=O)NCc3cncnc3)nc2-c2ccc3ncccc3c2)n1. The van der Waals surface area contributed by atoms with Crippen LogP contribution < -0.4 is 11.1 Å². The first kappa shape index (κ1) is 20.2. The van der Waals surface area contributed by atoms with Crippen molar-refractivity contribution in [2.45, 2.75) is 6.54 Å². The third kappa shape index (κ3) is 4.09. The number of anilines is 1. The van der Waals surface area contributed by atoms with E-state index < -0.39 is 5.91 Å². The zero-order valence-electron chi connectivity index (χ0n) is 17.7. The van der Waals surface area contributed by atoms with Crippen molar-refractivity contribution in [2.75, 3.05) is 5.73 Å². The van der Waals surface area contributed by atoms with Crippen LogP contribution in [0.5, 0.6) is 0 Å². The third-order valence-corrected chi connectivity index (χ3v) is 5.04. The zero-order valence-corrected chi connectivity index (χ0v) is 17.7. The maximum absolute atomic E-state index is 12.9. The number of pyridine rings is 1. The fraction of sp³-hybridized carbons (Fsp3) is 0.0870. The van der Waals surface area contributed by atoms with Gasteiger partial charge in [-0.2, -0.15) is 5.10 Å². The monoisotopic (exact) mass is 437 g/mol. The molecule has 1 aromatic carbocycles. The minimum atomic E-state index is -0.444. The maximum atomic E-state index is 12.9. The van der Waals surface area contributed by atoms with Crippen molar-refractivity contribution in [3.63, 3.8) is 0 Å². The van der Waals surface area contributed by atoms with Crippen LogP contribution in [0.15, 0.2) is 67.5 Å². The number of aromatic nitrogens is 7. The summed E-state index contributed by atoms with van der Waals surface area (Å²) in [6, 6.07) is 11.4. The minimum absolute atomic E-state index is 0.0173. The number of aryl methyl sites for hydroxylation is 1. The van der Waals surface area contributed by atoms with Crippen molar-refractivity contribution in [1.82, 2.24) is 40.0 Å². The molecule has 4 heterocycles. The van der Waals surface area contributed by atoms with Crippen LogP contribution in [0, 0.1) is 0 Å². The highest BCUT2D eigenvalue weighted by Gasteiger charge is 2.21. The summed E-state index contributed by atoms with van der Waals surface area (Å²) in [5, 5.41) is 8.19. The summed E-state index contributed by atoms with van der Waals surface area (Å²) in [6.45, 7) is 0.236. The van der Waals surface area contributed by atoms with Crippen LogP contribution in [-0.4, -0.2) is 40.6 Å². The van der Waals surface area contributed by atoms with Crippen LogP contribution in [0.2, 0.25) is 0 Å². The zero-order chi connectivity index (χ0) is 22.8. The first-order chi connectivity index (χ1) is 16.1. The number of hydrogen-bond donors (Lipinski definition) is 2. The topological polar surface area (TPSA) is 137 Å². The average molecular weight is 437 g/mol. The van der Waals surface area contributed by atoms with E-state index in [1.54, 1.807) is 23.3 Å². The van der Waals surface area contributed by atoms with Gasteiger partial charge in [0, 0.05) is 54.9 Å². The van der Waals surface area contributed by atoms with Gasteiger partial charge in [-0.1, -0.05) is 12.1 Å². The fourth-order valence-electron chi connectivity index (χ4n) is 3.45. The van der Waals surface area contributed by atoms with Crippen LogP contribution in [-0.2, 0) is 13.6 Å². The Labute approximate surface area is 188 Å². The minimum Gasteiger partial charge on any atom is -0.382 e. The predicted octanol–water partition coefficient (Wildman–Crippen LogP) is 2.39. The van der Waals surface area contributed by atoms with Gasteiger partial charge in [0.2, 0.25) is 0 Å². The Morgan fingerprint density at radius 1 is 1.09 bits per heavy atom. The van der Waals surface area contributed by atoms with Gasteiger partial charge in [-0.15, -0.1) is 0 Å². The van der Waals surface area contributed by atoms with Crippen LogP contribution in [0.4, 0.5) is 5.82 Å². The smallest absolute Gasteiger partial charge is 0.274 e. The van der Waals surface area contributed by atoms with E-state index in [9.17, 15) is 4.79 Å². The van der Waals surface area contributed by atoms with Gasteiger partial charge in [-0.05, 0) is 24.3 Å². The van der Waals surface area contributed by atoms with E-state index >= 15 is 0 Å². The second kappa shape index (κ2) is 8.42. The molecule has 0 aliphatic carbocycles. The van der Waals surface area contributed by atoms with Crippen LogP contribution in [0.3, 0.4) is 0 Å². The molecule has 10 nitrogen and oxygen atoms in total. The Hall–Kier alpha value is -4.73. The molecule has 5 aromatic rings. The van der Waals surface area contributed by atoms with Gasteiger partial charge in [-0.25, -0.2) is 19.9 Å². The van der Waals surface area contributed by atoms with Crippen molar-refractivity contribution in [1.29, 1.82) is 0 Å². The molecule has 10 heteroatoms. The summed E-state index contributed by atoms with van der Waals surface area (Å²) in [6.07, 6.45) is 8.23. The normalized spacial score (nSPS) is 10.9. The van der Waals surface area contributed by atoms with Crippen molar-refractivity contribution >= 4 is 22.6 Å². The summed E-state index contributed by atoms with van der Waals surface area (Å²) in [5.74, 6) is -0.427. The Morgan fingerprint density at radius 3 is 2.73 bits per heavy atom. The van der Waals surface area contributed by atoms with Crippen molar-refractivity contribution in [3.05, 3.63) is 78.8 Å². The summed E-state index contributed by atoms with van der Waals surface area (Å²) in [5.41, 5.74) is 10.2. The first-order valence-corrected chi connectivity index (χ1v) is 10.1. The van der Waals surface area contributed by atoms with E-state index in [1.807, 2.05) is 49.6 Å². The highest BCUT2D eigenvalue weighted by atomic mass is 16.1. The first-order valence-electron chi connectivity index (χ1n) is 10.1. The Balaban J connectivity index is 1.59. The second-order valence-electron chi connectivity index (χ2n) is 7.37. The lowest BCUT2D eigenvalue weighted by Gasteiger charge is -2.12. The fourth-order valence-corrected chi connectivity index (χ4v) is 3.45. The summed E-state index contributed by atoms with van der Waals surface area (Å²) in [4.78, 5) is 34.4. The van der Waals surface area contributed by atoms with Crippen molar-refractivity contribution in [2.24, 2.45) is 7.05 Å². The Bertz CT molecular complexity index is 1460. The molecule has 5 rings (SSSR count). The number of carbonyl (C=O) groups is 1. The van der Waals surface area contributed by atoms with E-state index in [2.05, 4.69) is 35.3 Å². The number of nitrogens with two attached hydrogens (primary N) is 1. The molecule has 3 N–H and O–H groups in total. The molecular weight excluding hydrogens is 418 g/mol. The molecule has 0 spiro atoms. The van der Waals surface area contributed by atoms with E-state index in [0.717, 1.165) is 22.0 Å². The molecule has 0 saturated carbocycles. The number of benzene rings is 1. The van der Waals surface area contributed by atoms with E-state index in [4.69, 9.17) is 5.73 Å². The highest BCUT2D eigenvalue weighted by Crippen LogP contribution is 2.31. The molecule has 33 heavy (non-hydrogen) atoms. The van der Waals surface area contributed by atoms with Gasteiger partial charge in [0.15, 0.2) is 11.5 Å². The van der Waals surface area contributed by atoms with Gasteiger partial charge < -0.3 is 11.1 Å². The maximum Gasteiger partial charge on any atom is 0.274 e. The molecule has 0 bridgehead atoms. The number of hydrogen-bond acceptors (Lipinski definition) is 8. The van der Waals surface area contributed by atoms with Crippen molar-refractivity contribution < 1.29 is 4.79 Å². The summed E-state index contributed by atoms with van der Waals surface area (Å²) in [7, 11) is 1.82. The van der Waals surface area contributed by atoms with Gasteiger partial charge in [0.05, 0.1) is 11.2 Å². The van der Waals surface area contributed by atoms with Gasteiger partial charge in [0.25, 0.3) is 5.91 Å². The molecule has 0 aliphatic heterocycles. The molecule has 0 radical (unpaired) electrons. The van der Waals surface area contributed by atoms with E-state index in [1.165, 1.54) is 6.33 Å². The van der Waals surface area contributed by atoms with E-state index in [-0.39, 0.29) is 18.1 Å². The number of nitrogens with zero attached hydrogens (tertiary/aromatic N) is 7. The van der Waals surface area contributed by atoms with Crippen LogP contribution in [0.1, 0.15) is 16.1 Å². The van der Waals surface area contributed by atoms with Gasteiger partial charge >= 0.3 is 0 Å². The largest absolute Gasteiger partial charge is 0.382 e. The molecule has 0 atom stereocenters. The Morgan fingerprint density at radius 2 is 1.94 bits per heavy atom. The molecule has 0 unspecified atom stereocenters. The number of carbonyl (C=O) groups excluding carboxylic acids is 1. The third-order valence-electron chi connectivity index (χ3n) is 5.04. The van der Waals surface area contributed by atoms with Crippen LogP contribution in [0.25, 0.3) is 33.5 Å². The molecular formula is C23H19N9O. The number of rotatable bonds is 5. The van der Waals surface area contributed by atoms with Crippen LogP contribution >= 0.6 is 0 Å². The van der Waals surface area contributed by atoms with E-state index in [0.29, 0.717) is 17.1 Å². The second-order valence-corrected chi connectivity index (χ2v) is 7.37. The quantitative estimate of drug-likeness (QED) is 0.427. The lowest BCUT2D eigenvalue weighted by atomic mass is 10.0. The highest BCUT2D eigenvalue weighted by molar-refractivity contribution is 5.98. The number of nitrogens with one attached hydrogen (secondary N) is 1. The molecule has 162 valence electrons. The molecule has 4 aromatic heterocycles. The molecule has 0 fully saturated rings. The lowest BCUT2D eigenvalue weighted by Crippen LogP contribution is -2.26. The number of nitrogen functional groups attached to an aromatic ring is 1. The Kier molecular flexibility index (Phi) is 5.15. The predicted molar refractivity (Wildman–Crippen MR) is 123 cm³/mol. The molecule has 0 saturated heterocycles. The number of amides is 1. The summed E-state index contributed by atoms with van der Waals surface area (Å²) >= 11 is 0. The summed E-state index contributed by atoms with van der Waals surface area (Å²) < 4.78 is 1.67. The standard InChI is InChI=1S/C23H19N9O/c1-32-8-6-18(31-32)20-19(16-4-5-17-15(9-16)3-2-7-27-17)29-21(22(24)30-20)23(33)28-12-14-10-25-13-26-11-14/h2-11,13H,12H2,1H3,(H2,24,30)(H,28,33). The van der Waals surface area contributed by atoms with Crippen molar-refractivity contribution in [3.8, 4) is 22.6 Å². The molecule has 0 aliphatic rings. The van der Waals surface area contributed by atoms with Gasteiger partial charge in [0.1, 0.15) is 17.7 Å². The lowest BCUT2D eigenvalue weighted by molar-refractivity contribution is 0.0946. The average Bonchev–Trinajstić information content (AvgIpc) is 3.29. The van der Waals surface area contributed by atoms with Gasteiger partial charge in [-0.3, -0.25) is 14.5 Å².